The molecule has 2 aromatic carbocycles. The Labute approximate surface area is 202 Å². The molecule has 1 amide bonds. The van der Waals surface area contributed by atoms with Crippen LogP contribution in [-0.4, -0.2) is 33.3 Å². The first kappa shape index (κ1) is 23.1. The van der Waals surface area contributed by atoms with E-state index in [2.05, 4.69) is 10.4 Å². The summed E-state index contributed by atoms with van der Waals surface area (Å²) in [6.45, 7) is 5.75. The first-order chi connectivity index (χ1) is 16.3. The van der Waals surface area contributed by atoms with Gasteiger partial charge in [0.1, 0.15) is 11.2 Å². The molecular weight excluding hydrogens is 450 g/mol. The molecule has 1 aromatic heterocycles. The Morgan fingerprint density at radius 3 is 2.65 bits per heavy atom. The maximum absolute atomic E-state index is 12.9. The summed E-state index contributed by atoms with van der Waals surface area (Å²) in [4.78, 5) is 27.6. The van der Waals surface area contributed by atoms with Crippen molar-refractivity contribution in [3.8, 4) is 11.8 Å². The minimum Gasteiger partial charge on any atom is -0.461 e. The molecule has 2 heterocycles. The Bertz CT molecular complexity index is 1310. The number of rotatable bonds is 5. The molecule has 1 fully saturated rings. The van der Waals surface area contributed by atoms with Gasteiger partial charge in [0.2, 0.25) is 5.91 Å². The Balaban J connectivity index is 1.92. The lowest BCUT2D eigenvalue weighted by molar-refractivity contribution is -0.123. The zero-order valence-corrected chi connectivity index (χ0v) is 19.8. The fraction of sp³-hybridized carbons (Fsp3) is 0.240. The molecule has 0 spiro atoms. The molecule has 9 heteroatoms. The molecule has 0 aliphatic carbocycles. The van der Waals surface area contributed by atoms with Crippen molar-refractivity contribution in [2.24, 2.45) is 5.92 Å². The van der Waals surface area contributed by atoms with Crippen LogP contribution in [0.2, 0.25) is 0 Å². The average Bonchev–Trinajstić information content (AvgIpc) is 3.27. The van der Waals surface area contributed by atoms with Crippen LogP contribution in [0.5, 0.6) is 0 Å². The van der Waals surface area contributed by atoms with Crippen molar-refractivity contribution in [1.82, 2.24) is 15.1 Å². The van der Waals surface area contributed by atoms with Gasteiger partial charge in [-0.15, -0.1) is 0 Å². The largest absolute Gasteiger partial charge is 0.461 e. The number of carbonyl (C=O) groups excluding carboxylic acids is 2. The molecule has 0 radical (unpaired) electrons. The molecule has 4 rings (SSSR count). The quantitative estimate of drug-likeness (QED) is 0.445. The van der Waals surface area contributed by atoms with Crippen molar-refractivity contribution in [2.45, 2.75) is 26.9 Å². The van der Waals surface area contributed by atoms with Gasteiger partial charge in [0, 0.05) is 17.4 Å². The van der Waals surface area contributed by atoms with E-state index >= 15 is 0 Å². The number of para-hydroxylation sites is 1. The summed E-state index contributed by atoms with van der Waals surface area (Å²) in [5.74, 6) is -2.28. The minimum absolute atomic E-state index is 0.0597. The number of anilines is 1. The summed E-state index contributed by atoms with van der Waals surface area (Å²) in [6.07, 6.45) is 0.821. The van der Waals surface area contributed by atoms with Crippen LogP contribution >= 0.6 is 12.2 Å². The summed E-state index contributed by atoms with van der Waals surface area (Å²) in [5.41, 5.74) is 3.83. The van der Waals surface area contributed by atoms with E-state index in [1.165, 1.54) is 0 Å². The predicted octanol–water partition coefficient (Wildman–Crippen LogP) is 3.77. The van der Waals surface area contributed by atoms with Crippen molar-refractivity contribution in [3.05, 3.63) is 77.1 Å². The summed E-state index contributed by atoms with van der Waals surface area (Å²) in [6, 6.07) is 17.1. The molecule has 1 N–H and O–H groups in total. The summed E-state index contributed by atoms with van der Waals surface area (Å²) in [7, 11) is 0. The number of hydrogen-bond acceptors (Lipinski definition) is 6. The third-order valence-corrected chi connectivity index (χ3v) is 6.00. The van der Waals surface area contributed by atoms with Gasteiger partial charge in [-0.3, -0.25) is 4.79 Å². The molecule has 172 valence electrons. The smallest absolute Gasteiger partial charge is 0.359 e. The molecule has 3 aromatic rings. The summed E-state index contributed by atoms with van der Waals surface area (Å²) >= 11 is 5.65. The minimum atomic E-state index is -1.14. The van der Waals surface area contributed by atoms with Crippen LogP contribution in [0.15, 0.2) is 54.7 Å². The summed E-state index contributed by atoms with van der Waals surface area (Å²) in [5, 5.41) is 17.0. The molecule has 8 nitrogen and oxygen atoms in total. The Kier molecular flexibility index (Phi) is 6.43. The lowest BCUT2D eigenvalue weighted by atomic mass is 9.99. The fourth-order valence-corrected chi connectivity index (χ4v) is 4.25. The fourth-order valence-electron chi connectivity index (χ4n) is 3.89. The molecule has 0 saturated carbocycles. The van der Waals surface area contributed by atoms with Crippen molar-refractivity contribution in [1.29, 1.82) is 5.26 Å². The van der Waals surface area contributed by atoms with Crippen LogP contribution in [-0.2, 0) is 9.53 Å². The molecule has 34 heavy (non-hydrogen) atoms. The van der Waals surface area contributed by atoms with Crippen molar-refractivity contribution < 1.29 is 14.3 Å². The van der Waals surface area contributed by atoms with Crippen molar-refractivity contribution in [3.63, 3.8) is 0 Å². The molecule has 1 aliphatic heterocycles. The standard InChI is InChI=1S/C25H23N5O3S/c1-4-33-25(32)21-19(14-29(28-21)17-8-6-5-7-9-17)22-27-23(31)18(13-26)24(34)30(22)20-12-15(2)10-11-16(20)3/h5-12,14,18,22H,4H2,1-3H3,(H,27,31)/t18-,22+/m0/s1. The number of carbonyl (C=O) groups is 2. The number of amides is 1. The number of nitrogens with one attached hydrogen (secondary N) is 1. The van der Waals surface area contributed by atoms with Crippen molar-refractivity contribution in [2.75, 3.05) is 11.5 Å². The van der Waals surface area contributed by atoms with Crippen LogP contribution < -0.4 is 10.2 Å². The monoisotopic (exact) mass is 473 g/mol. The van der Waals surface area contributed by atoms with Crippen LogP contribution in [0.3, 0.4) is 0 Å². The van der Waals surface area contributed by atoms with E-state index in [0.717, 1.165) is 22.5 Å². The highest BCUT2D eigenvalue weighted by Gasteiger charge is 2.42. The van der Waals surface area contributed by atoms with Crippen LogP contribution in [0.1, 0.15) is 40.3 Å². The first-order valence-electron chi connectivity index (χ1n) is 10.8. The van der Waals surface area contributed by atoms with E-state index < -0.39 is 24.0 Å². The van der Waals surface area contributed by atoms with Gasteiger partial charge >= 0.3 is 5.97 Å². The van der Waals surface area contributed by atoms with Gasteiger partial charge in [0.05, 0.1) is 18.4 Å². The molecular formula is C25H23N5O3S. The van der Waals surface area contributed by atoms with Gasteiger partial charge in [0.15, 0.2) is 11.6 Å². The highest BCUT2D eigenvalue weighted by molar-refractivity contribution is 7.80. The van der Waals surface area contributed by atoms with E-state index in [1.807, 2.05) is 68.4 Å². The number of hydrogen-bond donors (Lipinski definition) is 1. The number of thiocarbonyl (C=S) groups is 1. The van der Waals surface area contributed by atoms with Gasteiger partial charge in [-0.2, -0.15) is 10.4 Å². The predicted molar refractivity (Wildman–Crippen MR) is 131 cm³/mol. The average molecular weight is 474 g/mol. The third-order valence-electron chi connectivity index (χ3n) is 5.56. The van der Waals surface area contributed by atoms with Gasteiger partial charge in [-0.1, -0.05) is 42.5 Å². The topological polar surface area (TPSA) is 100 Å². The number of nitrogens with zero attached hydrogens (tertiary/aromatic N) is 4. The molecule has 0 bridgehead atoms. The number of esters is 1. The third kappa shape index (κ3) is 4.16. The molecule has 1 aliphatic rings. The SMILES string of the molecule is CCOC(=O)c1nn(-c2ccccc2)cc1[C@@H]1NC(=O)[C@H](C#N)C(=S)N1c1cc(C)ccc1C. The number of benzene rings is 2. The highest BCUT2D eigenvalue weighted by Crippen LogP contribution is 2.35. The van der Waals surface area contributed by atoms with Crippen LogP contribution in [0.4, 0.5) is 5.69 Å². The first-order valence-corrected chi connectivity index (χ1v) is 11.2. The van der Waals surface area contributed by atoms with Gasteiger partial charge in [0.25, 0.3) is 0 Å². The zero-order valence-electron chi connectivity index (χ0n) is 19.0. The maximum atomic E-state index is 12.9. The van der Waals surface area contributed by atoms with E-state index in [9.17, 15) is 14.9 Å². The Hall–Kier alpha value is -4.03. The second-order valence-electron chi connectivity index (χ2n) is 7.91. The number of ether oxygens (including phenoxy) is 1. The normalized spacial score (nSPS) is 17.8. The molecule has 2 atom stereocenters. The second-order valence-corrected chi connectivity index (χ2v) is 8.32. The Morgan fingerprint density at radius 1 is 1.24 bits per heavy atom. The van der Waals surface area contributed by atoms with E-state index in [4.69, 9.17) is 17.0 Å². The number of nitriles is 1. The number of aromatic nitrogens is 2. The molecule has 1 saturated heterocycles. The lowest BCUT2D eigenvalue weighted by Gasteiger charge is -2.40. The van der Waals surface area contributed by atoms with Crippen LogP contribution in [0, 0.1) is 31.1 Å². The zero-order chi connectivity index (χ0) is 24.4. The van der Waals surface area contributed by atoms with Gasteiger partial charge in [-0.05, 0) is 50.1 Å². The van der Waals surface area contributed by atoms with Crippen molar-refractivity contribution >= 4 is 34.8 Å². The van der Waals surface area contributed by atoms with Crippen LogP contribution in [0.25, 0.3) is 5.69 Å². The second kappa shape index (κ2) is 9.45. The van der Waals surface area contributed by atoms with E-state index in [-0.39, 0.29) is 17.3 Å². The number of aryl methyl sites for hydroxylation is 2. The highest BCUT2D eigenvalue weighted by atomic mass is 32.1. The maximum Gasteiger partial charge on any atom is 0.359 e. The van der Waals surface area contributed by atoms with Gasteiger partial charge in [-0.25, -0.2) is 9.48 Å². The van der Waals surface area contributed by atoms with Gasteiger partial charge < -0.3 is 15.0 Å². The Morgan fingerprint density at radius 2 is 1.97 bits per heavy atom. The summed E-state index contributed by atoms with van der Waals surface area (Å²) < 4.78 is 6.82. The lowest BCUT2D eigenvalue weighted by Crippen LogP contribution is -2.56. The van der Waals surface area contributed by atoms with E-state index in [1.54, 1.807) is 22.7 Å². The molecule has 0 unspecified atom stereocenters. The van der Waals surface area contributed by atoms with E-state index in [0.29, 0.717) is 5.56 Å².